The molecule has 0 spiro atoms. The maximum atomic E-state index is 13.5. The smallest absolute Gasteiger partial charge is 0.416 e. The highest BCUT2D eigenvalue weighted by Crippen LogP contribution is 2.44. The summed E-state index contributed by atoms with van der Waals surface area (Å²) in [6.07, 6.45) is 1.53. The molecule has 0 radical (unpaired) electrons. The number of ether oxygens (including phenoxy) is 1. The first-order valence-electron chi connectivity index (χ1n) is 12.3. The molecule has 10 heteroatoms. The molecule has 1 saturated carbocycles. The number of halogens is 3. The van der Waals surface area contributed by atoms with E-state index in [0.717, 1.165) is 30.5 Å². The maximum absolute atomic E-state index is 13.5. The Morgan fingerprint density at radius 3 is 2.29 bits per heavy atom. The van der Waals surface area contributed by atoms with Crippen molar-refractivity contribution in [1.29, 1.82) is 0 Å². The summed E-state index contributed by atoms with van der Waals surface area (Å²) in [4.78, 5) is 34.6. The van der Waals surface area contributed by atoms with Gasteiger partial charge in [0.15, 0.2) is 5.60 Å². The van der Waals surface area contributed by atoms with Gasteiger partial charge >= 0.3 is 12.1 Å². The second kappa shape index (κ2) is 10.8. The van der Waals surface area contributed by atoms with Crippen LogP contribution in [-0.2, 0) is 22.2 Å². The van der Waals surface area contributed by atoms with Crippen LogP contribution in [0.3, 0.4) is 0 Å². The Hall–Kier alpha value is -3.95. The fourth-order valence-electron chi connectivity index (χ4n) is 4.01. The van der Waals surface area contributed by atoms with E-state index in [4.69, 9.17) is 4.74 Å². The molecular formula is C28H28F3N3O4. The summed E-state index contributed by atoms with van der Waals surface area (Å²) >= 11 is 0. The van der Waals surface area contributed by atoms with E-state index in [1.54, 1.807) is 12.1 Å². The van der Waals surface area contributed by atoms with Gasteiger partial charge in [0.25, 0.3) is 0 Å². The number of aromatic nitrogens is 2. The van der Waals surface area contributed by atoms with Gasteiger partial charge in [-0.2, -0.15) is 13.2 Å². The highest BCUT2D eigenvalue weighted by Gasteiger charge is 2.33. The molecule has 1 heterocycles. The van der Waals surface area contributed by atoms with Crippen LogP contribution in [-0.4, -0.2) is 32.6 Å². The van der Waals surface area contributed by atoms with Crippen LogP contribution in [0.1, 0.15) is 62.3 Å². The Bertz CT molecular complexity index is 1290. The van der Waals surface area contributed by atoms with Gasteiger partial charge in [0.2, 0.25) is 5.91 Å². The molecule has 0 aliphatic heterocycles. The van der Waals surface area contributed by atoms with Crippen LogP contribution in [0.4, 0.5) is 24.5 Å². The molecule has 38 heavy (non-hydrogen) atoms. The lowest BCUT2D eigenvalue weighted by molar-refractivity contribution is -0.152. The minimum Gasteiger partial charge on any atom is -0.478 e. The third kappa shape index (κ3) is 6.48. The van der Waals surface area contributed by atoms with Crippen molar-refractivity contribution in [2.75, 3.05) is 4.90 Å². The van der Waals surface area contributed by atoms with Gasteiger partial charge in [-0.3, -0.25) is 9.69 Å². The van der Waals surface area contributed by atoms with Gasteiger partial charge in [-0.05, 0) is 81.5 Å². The standard InChI is InChI=1S/C28H28F3N3O4/c1-27(2,26(36)37)38-22-14-6-18(7-15-22)4-3-5-24(35)34(21-12-10-20(11-13-21)28(29,30)31)23-16-32-17-33-25(23)19-8-9-19/h6-7,10-17,19H,3-5,8-9H2,1-2H3,(H,36,37). The van der Waals surface area contributed by atoms with E-state index < -0.39 is 23.3 Å². The number of carboxylic acids is 1. The highest BCUT2D eigenvalue weighted by molar-refractivity contribution is 6.01. The summed E-state index contributed by atoms with van der Waals surface area (Å²) in [7, 11) is 0. The van der Waals surface area contributed by atoms with Gasteiger partial charge in [0, 0.05) is 18.0 Å². The molecule has 0 atom stereocenters. The number of nitrogens with zero attached hydrogens (tertiary/aromatic N) is 3. The number of carboxylic acid groups (broad SMARTS) is 1. The zero-order valence-electron chi connectivity index (χ0n) is 21.0. The van der Waals surface area contributed by atoms with Crippen molar-refractivity contribution in [1.82, 2.24) is 9.97 Å². The summed E-state index contributed by atoms with van der Waals surface area (Å²) < 4.78 is 44.9. The number of carbonyl (C=O) groups is 2. The number of aryl methyl sites for hydroxylation is 1. The van der Waals surface area contributed by atoms with Crippen molar-refractivity contribution in [3.63, 3.8) is 0 Å². The molecule has 2 aromatic carbocycles. The Kier molecular flexibility index (Phi) is 7.71. The zero-order chi connectivity index (χ0) is 27.5. The molecule has 1 aliphatic carbocycles. The van der Waals surface area contributed by atoms with Crippen molar-refractivity contribution in [3.8, 4) is 5.75 Å². The molecule has 1 N–H and O–H groups in total. The molecule has 1 fully saturated rings. The summed E-state index contributed by atoms with van der Waals surface area (Å²) in [5, 5.41) is 9.22. The normalized spacial score (nSPS) is 13.7. The molecular weight excluding hydrogens is 499 g/mol. The minimum absolute atomic E-state index is 0.143. The van der Waals surface area contributed by atoms with Crippen molar-refractivity contribution < 1.29 is 32.6 Å². The van der Waals surface area contributed by atoms with Gasteiger partial charge in [-0.1, -0.05) is 12.1 Å². The third-order valence-electron chi connectivity index (χ3n) is 6.30. The monoisotopic (exact) mass is 527 g/mol. The predicted octanol–water partition coefficient (Wildman–Crippen LogP) is 6.30. The van der Waals surface area contributed by atoms with E-state index in [-0.39, 0.29) is 18.2 Å². The molecule has 4 rings (SSSR count). The molecule has 7 nitrogen and oxygen atoms in total. The van der Waals surface area contributed by atoms with Crippen LogP contribution in [0.2, 0.25) is 0 Å². The molecule has 1 aromatic heterocycles. The number of hydrogen-bond acceptors (Lipinski definition) is 5. The predicted molar refractivity (Wildman–Crippen MR) is 134 cm³/mol. The first-order valence-corrected chi connectivity index (χ1v) is 12.3. The van der Waals surface area contributed by atoms with Gasteiger partial charge in [-0.25, -0.2) is 14.8 Å². The van der Waals surface area contributed by atoms with E-state index in [9.17, 15) is 27.9 Å². The highest BCUT2D eigenvalue weighted by atomic mass is 19.4. The average molecular weight is 528 g/mol. The Morgan fingerprint density at radius 1 is 1.05 bits per heavy atom. The third-order valence-corrected chi connectivity index (χ3v) is 6.30. The summed E-state index contributed by atoms with van der Waals surface area (Å²) in [6, 6.07) is 11.5. The van der Waals surface area contributed by atoms with Crippen LogP contribution < -0.4 is 9.64 Å². The summed E-state index contributed by atoms with van der Waals surface area (Å²) in [5.74, 6) is -0.733. The maximum Gasteiger partial charge on any atom is 0.416 e. The number of aliphatic carboxylic acids is 1. The second-order valence-corrected chi connectivity index (χ2v) is 9.76. The quantitative estimate of drug-likeness (QED) is 0.333. The van der Waals surface area contributed by atoms with E-state index >= 15 is 0 Å². The van der Waals surface area contributed by atoms with Crippen molar-refractivity contribution in [3.05, 3.63) is 77.9 Å². The SMILES string of the molecule is CC(C)(Oc1ccc(CCCC(=O)N(c2ccc(C(F)(F)F)cc2)c2cncnc2C2CC2)cc1)C(=O)O. The van der Waals surface area contributed by atoms with E-state index in [1.165, 1.54) is 43.4 Å². The number of rotatable bonds is 10. The van der Waals surface area contributed by atoms with Crippen LogP contribution in [0.15, 0.2) is 61.1 Å². The molecule has 0 bridgehead atoms. The Balaban J connectivity index is 1.48. The number of carbonyl (C=O) groups excluding carboxylic acids is 1. The van der Waals surface area contributed by atoms with Crippen molar-refractivity contribution in [2.45, 2.75) is 63.6 Å². The Labute approximate surface area is 218 Å². The van der Waals surface area contributed by atoms with E-state index in [2.05, 4.69) is 9.97 Å². The largest absolute Gasteiger partial charge is 0.478 e. The number of benzene rings is 2. The van der Waals surface area contributed by atoms with Crippen LogP contribution in [0.5, 0.6) is 5.75 Å². The molecule has 1 amide bonds. The van der Waals surface area contributed by atoms with Crippen molar-refractivity contribution in [2.24, 2.45) is 0 Å². The molecule has 3 aromatic rings. The number of anilines is 2. The van der Waals surface area contributed by atoms with E-state index in [0.29, 0.717) is 35.7 Å². The lowest BCUT2D eigenvalue weighted by atomic mass is 10.1. The molecule has 1 aliphatic rings. The van der Waals surface area contributed by atoms with Gasteiger partial charge in [0.05, 0.1) is 23.1 Å². The lowest BCUT2D eigenvalue weighted by Gasteiger charge is -2.25. The molecule has 0 unspecified atom stereocenters. The first kappa shape index (κ1) is 27.1. The number of alkyl halides is 3. The lowest BCUT2D eigenvalue weighted by Crippen LogP contribution is -2.37. The van der Waals surface area contributed by atoms with Crippen LogP contribution in [0, 0.1) is 0 Å². The summed E-state index contributed by atoms with van der Waals surface area (Å²) in [6.45, 7) is 2.92. The fourth-order valence-corrected chi connectivity index (χ4v) is 4.01. The first-order chi connectivity index (χ1) is 18.0. The number of hydrogen-bond donors (Lipinski definition) is 1. The van der Waals surface area contributed by atoms with Gasteiger partial charge in [0.1, 0.15) is 12.1 Å². The van der Waals surface area contributed by atoms with Gasteiger partial charge in [-0.15, -0.1) is 0 Å². The molecule has 0 saturated heterocycles. The topological polar surface area (TPSA) is 92.6 Å². The van der Waals surface area contributed by atoms with Crippen molar-refractivity contribution >= 4 is 23.3 Å². The Morgan fingerprint density at radius 2 is 1.71 bits per heavy atom. The van der Waals surface area contributed by atoms with Gasteiger partial charge < -0.3 is 9.84 Å². The fraction of sp³-hybridized carbons (Fsp3) is 0.357. The number of amides is 1. The van der Waals surface area contributed by atoms with E-state index in [1.807, 2.05) is 12.1 Å². The second-order valence-electron chi connectivity index (χ2n) is 9.76. The molecule has 200 valence electrons. The average Bonchev–Trinajstić information content (AvgIpc) is 3.71. The minimum atomic E-state index is -4.48. The summed E-state index contributed by atoms with van der Waals surface area (Å²) in [5.41, 5.74) is 0.300. The zero-order valence-corrected chi connectivity index (χ0v) is 21.0. The van der Waals surface area contributed by atoms with Crippen LogP contribution in [0.25, 0.3) is 0 Å². The van der Waals surface area contributed by atoms with Crippen LogP contribution >= 0.6 is 0 Å².